The molecule has 2 N–H and O–H groups in total. The van der Waals surface area contributed by atoms with E-state index in [1.54, 1.807) is 28.4 Å². The van der Waals surface area contributed by atoms with Crippen LogP contribution in [0, 0.1) is 0 Å². The number of nitrogens with zero attached hydrogens (tertiary/aromatic N) is 1. The SMILES string of the molecule is CN=C(NCCCOC1CCCCC1)NCc1cc(OC)c(OC)cc1OC.I. The zero-order valence-corrected chi connectivity index (χ0v) is 20.4. The summed E-state index contributed by atoms with van der Waals surface area (Å²) in [5.41, 5.74) is 0.962. The third-order valence-corrected chi connectivity index (χ3v) is 4.98. The third kappa shape index (κ3) is 8.46. The number of hydrogen-bond donors (Lipinski definition) is 2. The fourth-order valence-electron chi connectivity index (χ4n) is 3.39. The van der Waals surface area contributed by atoms with E-state index in [-0.39, 0.29) is 24.0 Å². The molecule has 1 aromatic carbocycles. The molecule has 7 nitrogen and oxygen atoms in total. The van der Waals surface area contributed by atoms with Crippen molar-refractivity contribution in [2.45, 2.75) is 51.2 Å². The molecule has 0 radical (unpaired) electrons. The van der Waals surface area contributed by atoms with Crippen LogP contribution in [0.5, 0.6) is 17.2 Å². The highest BCUT2D eigenvalue weighted by molar-refractivity contribution is 14.0. The zero-order chi connectivity index (χ0) is 20.2. The Morgan fingerprint density at radius 3 is 2.24 bits per heavy atom. The van der Waals surface area contributed by atoms with Gasteiger partial charge in [-0.25, -0.2) is 0 Å². The molecule has 1 aromatic rings. The van der Waals surface area contributed by atoms with Crippen molar-refractivity contribution in [3.05, 3.63) is 17.7 Å². The monoisotopic (exact) mass is 521 g/mol. The van der Waals surface area contributed by atoms with Crippen molar-refractivity contribution in [1.82, 2.24) is 10.6 Å². The maximum absolute atomic E-state index is 5.96. The Morgan fingerprint density at radius 2 is 1.62 bits per heavy atom. The van der Waals surface area contributed by atoms with Crippen LogP contribution >= 0.6 is 24.0 Å². The first-order valence-electron chi connectivity index (χ1n) is 10.1. The lowest BCUT2D eigenvalue weighted by Crippen LogP contribution is -2.37. The van der Waals surface area contributed by atoms with E-state index >= 15 is 0 Å². The Bertz CT molecular complexity index is 622. The van der Waals surface area contributed by atoms with Crippen LogP contribution in [0.4, 0.5) is 0 Å². The van der Waals surface area contributed by atoms with Gasteiger partial charge in [-0.15, -0.1) is 24.0 Å². The van der Waals surface area contributed by atoms with Crippen molar-refractivity contribution in [2.24, 2.45) is 4.99 Å². The molecule has 0 aromatic heterocycles. The lowest BCUT2D eigenvalue weighted by atomic mass is 9.98. The minimum Gasteiger partial charge on any atom is -0.496 e. The van der Waals surface area contributed by atoms with Crippen molar-refractivity contribution in [2.75, 3.05) is 41.5 Å². The standard InChI is InChI=1S/C21H35N3O4.HI/c1-22-21(23-11-8-12-28-17-9-6-5-7-10-17)24-15-16-13-19(26-3)20(27-4)14-18(16)25-2;/h13-14,17H,5-12,15H2,1-4H3,(H2,22,23,24);1H. The minimum absolute atomic E-state index is 0. The molecule has 0 saturated heterocycles. The Kier molecular flexibility index (Phi) is 12.8. The summed E-state index contributed by atoms with van der Waals surface area (Å²) >= 11 is 0. The number of guanidine groups is 1. The van der Waals surface area contributed by atoms with E-state index in [9.17, 15) is 0 Å². The second kappa shape index (κ2) is 14.5. The van der Waals surface area contributed by atoms with Gasteiger partial charge in [-0.05, 0) is 25.3 Å². The van der Waals surface area contributed by atoms with Gasteiger partial charge in [0.2, 0.25) is 0 Å². The summed E-state index contributed by atoms with van der Waals surface area (Å²) in [7, 11) is 6.64. The summed E-state index contributed by atoms with van der Waals surface area (Å²) in [6.07, 6.45) is 7.81. The topological polar surface area (TPSA) is 73.3 Å². The van der Waals surface area contributed by atoms with Gasteiger partial charge in [0.05, 0.1) is 27.4 Å². The second-order valence-electron chi connectivity index (χ2n) is 6.86. The Balaban J connectivity index is 0.00000420. The molecule has 0 amide bonds. The molecular formula is C21H36IN3O4. The van der Waals surface area contributed by atoms with Crippen molar-refractivity contribution in [3.8, 4) is 17.2 Å². The summed E-state index contributed by atoms with van der Waals surface area (Å²) in [5.74, 6) is 2.79. The third-order valence-electron chi connectivity index (χ3n) is 4.98. The van der Waals surface area contributed by atoms with Gasteiger partial charge in [-0.2, -0.15) is 0 Å². The number of halogens is 1. The van der Waals surface area contributed by atoms with Gasteiger partial charge >= 0.3 is 0 Å². The molecule has 0 aliphatic heterocycles. The van der Waals surface area contributed by atoms with Crippen molar-refractivity contribution in [1.29, 1.82) is 0 Å². The fraction of sp³-hybridized carbons (Fsp3) is 0.667. The fourth-order valence-corrected chi connectivity index (χ4v) is 3.39. The van der Waals surface area contributed by atoms with Gasteiger partial charge in [0.25, 0.3) is 0 Å². The number of methoxy groups -OCH3 is 3. The predicted octanol–water partition coefficient (Wildman–Crippen LogP) is 3.73. The lowest BCUT2D eigenvalue weighted by molar-refractivity contribution is 0.0277. The van der Waals surface area contributed by atoms with Crippen molar-refractivity contribution >= 4 is 29.9 Å². The van der Waals surface area contributed by atoms with Gasteiger partial charge < -0.3 is 29.6 Å². The Labute approximate surface area is 191 Å². The smallest absolute Gasteiger partial charge is 0.191 e. The molecule has 1 saturated carbocycles. The number of nitrogens with one attached hydrogen (secondary N) is 2. The maximum atomic E-state index is 5.96. The summed E-state index contributed by atoms with van der Waals surface area (Å²) in [6, 6.07) is 3.74. The molecule has 166 valence electrons. The first-order valence-corrected chi connectivity index (χ1v) is 10.1. The maximum Gasteiger partial charge on any atom is 0.191 e. The van der Waals surface area contributed by atoms with Crippen LogP contribution in [0.3, 0.4) is 0 Å². The molecule has 2 rings (SSSR count). The number of ether oxygens (including phenoxy) is 4. The van der Waals surface area contributed by atoms with E-state index in [0.29, 0.717) is 24.1 Å². The van der Waals surface area contributed by atoms with Crippen LogP contribution in [0.2, 0.25) is 0 Å². The molecular weight excluding hydrogens is 485 g/mol. The number of rotatable bonds is 10. The molecule has 1 fully saturated rings. The summed E-state index contributed by atoms with van der Waals surface area (Å²) < 4.78 is 22.1. The highest BCUT2D eigenvalue weighted by Gasteiger charge is 2.14. The molecule has 29 heavy (non-hydrogen) atoms. The average molecular weight is 521 g/mol. The molecule has 1 aliphatic rings. The summed E-state index contributed by atoms with van der Waals surface area (Å²) in [5, 5.41) is 6.64. The van der Waals surface area contributed by atoms with Gasteiger partial charge in [-0.1, -0.05) is 19.3 Å². The lowest BCUT2D eigenvalue weighted by Gasteiger charge is -2.22. The molecule has 0 bridgehead atoms. The van der Waals surface area contributed by atoms with Gasteiger partial charge in [0.1, 0.15) is 5.75 Å². The first-order chi connectivity index (χ1) is 13.7. The van der Waals surface area contributed by atoms with Gasteiger partial charge in [0, 0.05) is 38.4 Å². The molecule has 0 atom stereocenters. The highest BCUT2D eigenvalue weighted by Crippen LogP contribution is 2.34. The average Bonchev–Trinajstić information content (AvgIpc) is 2.75. The van der Waals surface area contributed by atoms with Crippen molar-refractivity contribution < 1.29 is 18.9 Å². The predicted molar refractivity (Wildman–Crippen MR) is 127 cm³/mol. The van der Waals surface area contributed by atoms with Crippen LogP contribution in [-0.2, 0) is 11.3 Å². The normalized spacial score (nSPS) is 14.7. The van der Waals surface area contributed by atoms with Gasteiger partial charge in [0.15, 0.2) is 17.5 Å². The molecule has 0 unspecified atom stereocenters. The highest BCUT2D eigenvalue weighted by atomic mass is 127. The quantitative estimate of drug-likeness (QED) is 0.212. The van der Waals surface area contributed by atoms with E-state index in [2.05, 4.69) is 15.6 Å². The number of benzene rings is 1. The van der Waals surface area contributed by atoms with Crippen LogP contribution in [0.15, 0.2) is 17.1 Å². The first kappa shape index (κ1) is 25.6. The Morgan fingerprint density at radius 1 is 0.966 bits per heavy atom. The van der Waals surface area contributed by atoms with Crippen molar-refractivity contribution in [3.63, 3.8) is 0 Å². The van der Waals surface area contributed by atoms with E-state index in [1.165, 1.54) is 32.1 Å². The van der Waals surface area contributed by atoms with E-state index in [1.807, 2.05) is 12.1 Å². The summed E-state index contributed by atoms with van der Waals surface area (Å²) in [6.45, 7) is 2.16. The van der Waals surface area contributed by atoms with E-state index in [0.717, 1.165) is 36.8 Å². The van der Waals surface area contributed by atoms with Crippen LogP contribution in [0.1, 0.15) is 44.1 Å². The Hall–Kier alpha value is -1.42. The van der Waals surface area contributed by atoms with E-state index in [4.69, 9.17) is 18.9 Å². The van der Waals surface area contributed by atoms with Crippen LogP contribution < -0.4 is 24.8 Å². The molecule has 0 spiro atoms. The van der Waals surface area contributed by atoms with Gasteiger partial charge in [-0.3, -0.25) is 4.99 Å². The van der Waals surface area contributed by atoms with Crippen LogP contribution in [-0.4, -0.2) is 53.6 Å². The van der Waals surface area contributed by atoms with E-state index < -0.39 is 0 Å². The minimum atomic E-state index is 0. The second-order valence-corrected chi connectivity index (χ2v) is 6.86. The largest absolute Gasteiger partial charge is 0.496 e. The zero-order valence-electron chi connectivity index (χ0n) is 18.1. The number of hydrogen-bond acceptors (Lipinski definition) is 5. The number of aliphatic imine (C=N–C) groups is 1. The van der Waals surface area contributed by atoms with Crippen LogP contribution in [0.25, 0.3) is 0 Å². The molecule has 0 heterocycles. The molecule has 1 aliphatic carbocycles. The summed E-state index contributed by atoms with van der Waals surface area (Å²) in [4.78, 5) is 4.28. The molecule has 8 heteroatoms.